The third-order valence-corrected chi connectivity index (χ3v) is 15.7. The molecule has 5 aliphatic rings. The summed E-state index contributed by atoms with van der Waals surface area (Å²) in [7, 11) is 4.24. The third kappa shape index (κ3) is 4.22. The maximum atomic E-state index is 14.3. The van der Waals surface area contributed by atoms with E-state index in [4.69, 9.17) is 0 Å². The molecule has 0 spiro atoms. The number of carbonyl (C=O) groups excluding carboxylic acids is 1. The van der Waals surface area contributed by atoms with Gasteiger partial charge in [0.25, 0.3) is 0 Å². The Morgan fingerprint density at radius 2 is 1.73 bits per heavy atom. The summed E-state index contributed by atoms with van der Waals surface area (Å²) in [6.45, 7) is 19.9. The average molecular weight is 612 g/mol. The molecule has 9 atom stereocenters. The van der Waals surface area contributed by atoms with Gasteiger partial charge in [-0.2, -0.15) is 0 Å². The maximum Gasteiger partial charge on any atom is 0.226 e. The minimum Gasteiger partial charge on any atom is -0.358 e. The van der Waals surface area contributed by atoms with E-state index in [9.17, 15) is 4.79 Å². The van der Waals surface area contributed by atoms with Crippen LogP contribution in [0.4, 0.5) is 0 Å². The smallest absolute Gasteiger partial charge is 0.226 e. The molecule has 246 valence electrons. The number of carbonyl (C=O) groups is 1. The number of aromatic nitrogens is 1. The number of amides is 1. The maximum absolute atomic E-state index is 14.3. The Labute approximate surface area is 273 Å². The second kappa shape index (κ2) is 10.5. The van der Waals surface area contributed by atoms with Crippen LogP contribution in [0.15, 0.2) is 35.9 Å². The lowest BCUT2D eigenvalue weighted by Gasteiger charge is -2.71. The van der Waals surface area contributed by atoms with E-state index >= 15 is 0 Å². The van der Waals surface area contributed by atoms with Crippen LogP contribution in [0, 0.1) is 51.2 Å². The van der Waals surface area contributed by atoms with Crippen molar-refractivity contribution in [3.05, 3.63) is 47.2 Å². The quantitative estimate of drug-likeness (QED) is 0.262. The van der Waals surface area contributed by atoms with Crippen LogP contribution < -0.4 is 5.32 Å². The summed E-state index contributed by atoms with van der Waals surface area (Å²) in [6, 6.07) is 9.02. The van der Waals surface area contributed by atoms with E-state index in [0.29, 0.717) is 35.5 Å². The van der Waals surface area contributed by atoms with Crippen LogP contribution in [0.1, 0.15) is 111 Å². The summed E-state index contributed by atoms with van der Waals surface area (Å²) in [5.41, 5.74) is 6.55. The van der Waals surface area contributed by atoms with E-state index in [2.05, 4.69) is 108 Å². The normalized spacial score (nSPS) is 41.7. The molecule has 1 aromatic heterocycles. The summed E-state index contributed by atoms with van der Waals surface area (Å²) in [6.07, 6.45) is 13.1. The van der Waals surface area contributed by atoms with Crippen LogP contribution in [0.25, 0.3) is 10.9 Å². The molecule has 2 aromatic rings. The predicted octanol–water partition coefficient (Wildman–Crippen LogP) is 8.91. The number of H-pyrrole nitrogens is 1. The highest BCUT2D eigenvalue weighted by molar-refractivity contribution is 5.86. The van der Waals surface area contributed by atoms with Gasteiger partial charge in [-0.3, -0.25) is 4.79 Å². The van der Waals surface area contributed by atoms with E-state index in [1.54, 1.807) is 11.1 Å². The van der Waals surface area contributed by atoms with Gasteiger partial charge in [0.1, 0.15) is 0 Å². The SMILES string of the molecule is C[C@H]1[C@H](C)CC[C@]2(C(=O)NCCCN(C)C)CC[C@]3(C)C(=CC[C@@H]4[C@@]5(C)Cc6c([nH]c7ccccc67)C(C)(C)[C@@H]5CC[C@]43C)[C@H]12. The fraction of sp³-hybridized carbons (Fsp3) is 0.732. The molecule has 1 heterocycles. The lowest BCUT2D eigenvalue weighted by Crippen LogP contribution is -2.65. The summed E-state index contributed by atoms with van der Waals surface area (Å²) in [4.78, 5) is 20.5. The zero-order chi connectivity index (χ0) is 32.2. The van der Waals surface area contributed by atoms with Crippen molar-refractivity contribution >= 4 is 16.8 Å². The second-order valence-corrected chi connectivity index (χ2v) is 18.1. The van der Waals surface area contributed by atoms with Gasteiger partial charge in [0.15, 0.2) is 0 Å². The molecule has 45 heavy (non-hydrogen) atoms. The zero-order valence-electron chi connectivity index (χ0n) is 29.9. The highest BCUT2D eigenvalue weighted by Gasteiger charge is 2.69. The molecule has 2 N–H and O–H groups in total. The van der Waals surface area contributed by atoms with Crippen molar-refractivity contribution in [2.24, 2.45) is 51.2 Å². The van der Waals surface area contributed by atoms with Crippen LogP contribution in [0.2, 0.25) is 0 Å². The molecule has 5 aliphatic carbocycles. The van der Waals surface area contributed by atoms with Gasteiger partial charge in [-0.05, 0) is 136 Å². The Morgan fingerprint density at radius 1 is 0.978 bits per heavy atom. The van der Waals surface area contributed by atoms with E-state index in [1.165, 1.54) is 48.7 Å². The van der Waals surface area contributed by atoms with Gasteiger partial charge in [-0.25, -0.2) is 0 Å². The van der Waals surface area contributed by atoms with Crippen LogP contribution >= 0.6 is 0 Å². The first-order valence-electron chi connectivity index (χ1n) is 18.4. The standard InChI is InChI=1S/C41H61N3O/c1-26-17-20-41(36(45)42-23-12-24-44(8)9)22-21-39(6)30(34(41)27(26)2)15-16-33-38(5)25-29-28-13-10-11-14-31(28)43-35(29)37(3,4)32(38)18-19-40(33,39)7/h10-11,13-15,26-27,32-34,43H,12,16-25H2,1-9H3,(H,42,45)/t26-,27+,32+,33-,34+,38+,39-,40-,41+/m1/s1. The fourth-order valence-corrected chi connectivity index (χ4v) is 12.9. The van der Waals surface area contributed by atoms with Gasteiger partial charge in [-0.1, -0.05) is 78.3 Å². The lowest BCUT2D eigenvalue weighted by atomic mass is 9.33. The molecule has 0 unspecified atom stereocenters. The highest BCUT2D eigenvalue weighted by atomic mass is 16.2. The van der Waals surface area contributed by atoms with E-state index in [1.807, 2.05) is 0 Å². The molecule has 7 rings (SSSR count). The Kier molecular flexibility index (Phi) is 7.33. The molecular formula is C41H61N3O. The largest absolute Gasteiger partial charge is 0.358 e. The Balaban J connectivity index is 1.28. The van der Waals surface area contributed by atoms with Gasteiger partial charge in [0, 0.05) is 28.6 Å². The number of fused-ring (bicyclic) bond motifs is 10. The van der Waals surface area contributed by atoms with Crippen molar-refractivity contribution in [2.75, 3.05) is 27.2 Å². The third-order valence-electron chi connectivity index (χ3n) is 15.7. The second-order valence-electron chi connectivity index (χ2n) is 18.1. The lowest BCUT2D eigenvalue weighted by molar-refractivity contribution is -0.169. The number of nitrogens with one attached hydrogen (secondary N) is 2. The van der Waals surface area contributed by atoms with Crippen molar-refractivity contribution in [2.45, 2.75) is 112 Å². The van der Waals surface area contributed by atoms with Gasteiger partial charge in [0.05, 0.1) is 5.41 Å². The number of aromatic amines is 1. The molecule has 1 aromatic carbocycles. The Hall–Kier alpha value is -2.07. The topological polar surface area (TPSA) is 48.1 Å². The summed E-state index contributed by atoms with van der Waals surface area (Å²) >= 11 is 0. The minimum atomic E-state index is -0.245. The Bertz CT molecular complexity index is 1520. The zero-order valence-corrected chi connectivity index (χ0v) is 29.9. The first kappa shape index (κ1) is 31.5. The number of benzene rings is 1. The first-order chi connectivity index (χ1) is 21.2. The molecular weight excluding hydrogens is 550 g/mol. The van der Waals surface area contributed by atoms with Gasteiger partial charge < -0.3 is 15.2 Å². The molecule has 0 aliphatic heterocycles. The summed E-state index contributed by atoms with van der Waals surface area (Å²) in [5, 5.41) is 4.92. The van der Waals surface area contributed by atoms with Crippen molar-refractivity contribution < 1.29 is 4.79 Å². The fourth-order valence-electron chi connectivity index (χ4n) is 12.9. The van der Waals surface area contributed by atoms with E-state index in [-0.39, 0.29) is 27.1 Å². The first-order valence-corrected chi connectivity index (χ1v) is 18.4. The number of hydrogen-bond donors (Lipinski definition) is 2. The molecule has 0 bridgehead atoms. The summed E-state index contributed by atoms with van der Waals surface area (Å²) in [5.74, 6) is 3.21. The van der Waals surface area contributed by atoms with Crippen molar-refractivity contribution in [3.63, 3.8) is 0 Å². The monoisotopic (exact) mass is 611 g/mol. The van der Waals surface area contributed by atoms with Gasteiger partial charge in [-0.15, -0.1) is 0 Å². The van der Waals surface area contributed by atoms with Gasteiger partial charge >= 0.3 is 0 Å². The molecule has 4 nitrogen and oxygen atoms in total. The number of nitrogens with zero attached hydrogens (tertiary/aromatic N) is 1. The molecule has 3 saturated carbocycles. The molecule has 1 amide bonds. The van der Waals surface area contributed by atoms with E-state index in [0.717, 1.165) is 38.8 Å². The molecule has 4 heteroatoms. The van der Waals surface area contributed by atoms with Gasteiger partial charge in [0.2, 0.25) is 5.91 Å². The molecule has 0 radical (unpaired) electrons. The van der Waals surface area contributed by atoms with Crippen LogP contribution in [0.3, 0.4) is 0 Å². The van der Waals surface area contributed by atoms with E-state index < -0.39 is 0 Å². The highest BCUT2D eigenvalue weighted by Crippen LogP contribution is 2.75. The van der Waals surface area contributed by atoms with Crippen LogP contribution in [-0.2, 0) is 16.6 Å². The van der Waals surface area contributed by atoms with Crippen molar-refractivity contribution in [3.8, 4) is 0 Å². The number of allylic oxidation sites excluding steroid dienone is 2. The molecule has 3 fully saturated rings. The minimum absolute atomic E-state index is 0.118. The Morgan fingerprint density at radius 3 is 2.49 bits per heavy atom. The van der Waals surface area contributed by atoms with Crippen LogP contribution in [0.5, 0.6) is 0 Å². The number of rotatable bonds is 5. The van der Waals surface area contributed by atoms with Crippen LogP contribution in [-0.4, -0.2) is 43.0 Å². The number of para-hydroxylation sites is 1. The number of hydrogen-bond acceptors (Lipinski definition) is 2. The van der Waals surface area contributed by atoms with Crippen molar-refractivity contribution in [1.29, 1.82) is 0 Å². The van der Waals surface area contributed by atoms with Crippen molar-refractivity contribution in [1.82, 2.24) is 15.2 Å². The average Bonchev–Trinajstić information content (AvgIpc) is 3.36. The molecule has 0 saturated heterocycles. The summed E-state index contributed by atoms with van der Waals surface area (Å²) < 4.78 is 0. The predicted molar refractivity (Wildman–Crippen MR) is 187 cm³/mol.